The average Bonchev–Trinajstić information content (AvgIpc) is 3.37. The van der Waals surface area contributed by atoms with E-state index in [9.17, 15) is 19.5 Å². The monoisotopic (exact) mass is 737 g/mol. The first kappa shape index (κ1) is 35.5. The van der Waals surface area contributed by atoms with Crippen LogP contribution in [0.1, 0.15) is 49.5 Å². The van der Waals surface area contributed by atoms with Crippen molar-refractivity contribution in [1.82, 2.24) is 4.90 Å². The van der Waals surface area contributed by atoms with Gasteiger partial charge in [0.2, 0.25) is 0 Å². The number of hydrogen-bond donors (Lipinski definition) is 1. The average molecular weight is 737 g/mol. The number of ether oxygens (including phenoxy) is 1. The molecule has 0 aromatic heterocycles. The second kappa shape index (κ2) is 14.9. The molecule has 0 saturated carbocycles. The van der Waals surface area contributed by atoms with Gasteiger partial charge >= 0.3 is 301 Å². The first-order valence-corrected chi connectivity index (χ1v) is 19.2. The van der Waals surface area contributed by atoms with Crippen LogP contribution in [0.15, 0.2) is 127 Å². The molecule has 2 aliphatic carbocycles. The molecule has 50 heavy (non-hydrogen) atoms. The van der Waals surface area contributed by atoms with E-state index in [1.807, 2.05) is 66.7 Å². The van der Waals surface area contributed by atoms with Crippen LogP contribution in [0.3, 0.4) is 0 Å². The summed E-state index contributed by atoms with van der Waals surface area (Å²) in [5.74, 6) is -3.07. The molecule has 1 spiro atoms. The molecule has 8 heteroatoms. The van der Waals surface area contributed by atoms with E-state index in [0.717, 1.165) is 10.9 Å². The molecule has 258 valence electrons. The third-order valence-corrected chi connectivity index (χ3v) is 12.7. The van der Waals surface area contributed by atoms with Gasteiger partial charge in [-0.1, -0.05) is 0 Å². The van der Waals surface area contributed by atoms with Crippen LogP contribution in [0.25, 0.3) is 0 Å². The van der Waals surface area contributed by atoms with Crippen LogP contribution in [-0.4, -0.2) is 66.3 Å². The third-order valence-electron chi connectivity index (χ3n) is 10.4. The molecule has 0 radical (unpaired) electrons. The SMILES string of the molecule is CC(=O)O[C@H]1/C=C/[C@](C)(O)C(=O)CC/C=C/[C@H]2C=C(C[Se]c3ccccc3)[C@@H](C)[C@H]3[C@H](Cc4ccccc4)N(C(=O)c4ccccc4)C(=O)[C@]321. The Balaban J connectivity index is 1.60. The number of imide groups is 1. The van der Waals surface area contributed by atoms with Crippen molar-refractivity contribution in [3.05, 3.63) is 138 Å². The summed E-state index contributed by atoms with van der Waals surface area (Å²) in [6.07, 6.45) is 8.56. The summed E-state index contributed by atoms with van der Waals surface area (Å²) < 4.78 is 7.37. The Kier molecular flexibility index (Phi) is 10.5. The fourth-order valence-corrected chi connectivity index (χ4v) is 10.2. The van der Waals surface area contributed by atoms with Gasteiger partial charge < -0.3 is 0 Å². The molecule has 1 aliphatic heterocycles. The van der Waals surface area contributed by atoms with Crippen molar-refractivity contribution < 1.29 is 29.0 Å². The van der Waals surface area contributed by atoms with E-state index in [0.29, 0.717) is 18.4 Å². The Labute approximate surface area is 300 Å². The van der Waals surface area contributed by atoms with E-state index >= 15 is 4.79 Å². The van der Waals surface area contributed by atoms with Gasteiger partial charge in [0.25, 0.3) is 0 Å². The van der Waals surface area contributed by atoms with Crippen LogP contribution in [0.5, 0.6) is 0 Å². The van der Waals surface area contributed by atoms with Crippen molar-refractivity contribution in [1.29, 1.82) is 0 Å². The number of Topliss-reactive ketones (excluding diaryl/α,β-unsaturated/α-hetero) is 1. The minimum absolute atomic E-state index is 0.0997. The molecule has 0 bridgehead atoms. The molecular weight excluding hydrogens is 693 g/mol. The molecule has 3 aromatic rings. The first-order chi connectivity index (χ1) is 24.0. The number of allylic oxidation sites excluding steroid dienone is 4. The summed E-state index contributed by atoms with van der Waals surface area (Å²) in [5.41, 5.74) is -0.745. The second-order valence-corrected chi connectivity index (χ2v) is 15.8. The van der Waals surface area contributed by atoms with E-state index in [1.165, 1.54) is 40.9 Å². The number of ketones is 1. The van der Waals surface area contributed by atoms with E-state index < -0.39 is 52.8 Å². The van der Waals surface area contributed by atoms with Crippen molar-refractivity contribution in [3.8, 4) is 0 Å². The summed E-state index contributed by atoms with van der Waals surface area (Å²) in [4.78, 5) is 57.7. The van der Waals surface area contributed by atoms with Crippen molar-refractivity contribution >= 4 is 43.0 Å². The fraction of sp³-hybridized carbons (Fsp3) is 0.333. The van der Waals surface area contributed by atoms with Gasteiger partial charge in [-0.25, -0.2) is 0 Å². The van der Waals surface area contributed by atoms with Gasteiger partial charge in [-0.2, -0.15) is 0 Å². The van der Waals surface area contributed by atoms with Crippen LogP contribution in [-0.2, 0) is 25.5 Å². The predicted octanol–water partition coefficient (Wildman–Crippen LogP) is 5.68. The summed E-state index contributed by atoms with van der Waals surface area (Å²) >= 11 is 0.107. The van der Waals surface area contributed by atoms with Crippen molar-refractivity contribution in [2.24, 2.45) is 23.2 Å². The van der Waals surface area contributed by atoms with Gasteiger partial charge in [0.05, 0.1) is 0 Å². The van der Waals surface area contributed by atoms with Gasteiger partial charge in [-0.15, -0.1) is 0 Å². The molecule has 6 rings (SSSR count). The fourth-order valence-electron chi connectivity index (χ4n) is 8.01. The quantitative estimate of drug-likeness (QED) is 0.145. The van der Waals surface area contributed by atoms with Crippen molar-refractivity contribution in [2.45, 2.75) is 63.1 Å². The van der Waals surface area contributed by atoms with Crippen LogP contribution < -0.4 is 4.46 Å². The number of carbonyl (C=O) groups is 4. The molecular formula is C42H43NO6Se. The number of nitrogens with zero attached hydrogens (tertiary/aromatic N) is 1. The number of benzene rings is 3. The zero-order chi connectivity index (χ0) is 35.5. The van der Waals surface area contributed by atoms with Crippen LogP contribution in [0.4, 0.5) is 0 Å². The molecule has 3 aromatic carbocycles. The van der Waals surface area contributed by atoms with Gasteiger partial charge in [0, 0.05) is 0 Å². The molecule has 3 aliphatic rings. The molecule has 7 nitrogen and oxygen atoms in total. The van der Waals surface area contributed by atoms with E-state index in [-0.39, 0.29) is 33.1 Å². The summed E-state index contributed by atoms with van der Waals surface area (Å²) in [6, 6.07) is 28.4. The maximum absolute atomic E-state index is 15.6. The van der Waals surface area contributed by atoms with E-state index in [4.69, 9.17) is 4.74 Å². The Hall–Kier alpha value is -4.36. The second-order valence-electron chi connectivity index (χ2n) is 13.6. The third kappa shape index (κ3) is 6.85. The number of amides is 2. The van der Waals surface area contributed by atoms with Crippen molar-refractivity contribution in [3.63, 3.8) is 0 Å². The Morgan fingerprint density at radius 3 is 2.24 bits per heavy atom. The number of carbonyl (C=O) groups excluding carboxylic acids is 4. The molecule has 1 heterocycles. The normalized spacial score (nSPS) is 30.7. The number of hydrogen-bond acceptors (Lipinski definition) is 6. The number of aliphatic hydroxyl groups is 1. The van der Waals surface area contributed by atoms with E-state index in [1.54, 1.807) is 24.3 Å². The first-order valence-electron chi connectivity index (χ1n) is 17.2. The van der Waals surface area contributed by atoms with Gasteiger partial charge in [0.1, 0.15) is 0 Å². The predicted molar refractivity (Wildman–Crippen MR) is 194 cm³/mol. The molecule has 2 amide bonds. The summed E-state index contributed by atoms with van der Waals surface area (Å²) in [7, 11) is 0. The molecule has 1 fully saturated rings. The molecule has 1 N–H and O–H groups in total. The number of likely N-dealkylation sites (tertiary alicyclic amines) is 1. The Bertz CT molecular complexity index is 1820. The van der Waals surface area contributed by atoms with Crippen LogP contribution in [0, 0.1) is 23.2 Å². The van der Waals surface area contributed by atoms with Crippen LogP contribution >= 0.6 is 0 Å². The molecule has 0 unspecified atom stereocenters. The zero-order valence-corrected chi connectivity index (χ0v) is 30.3. The van der Waals surface area contributed by atoms with Gasteiger partial charge in [-0.3, -0.25) is 0 Å². The number of esters is 1. The molecule has 1 saturated heterocycles. The standard InChI is InChI=1S/C42H43NO6Se/c1-28-32(27-50-34-20-11-6-12-21-34)26-33-19-13-14-22-36(45)41(3,48)24-23-37(49-29(2)44)42(33)38(28)35(25-30-15-7-4-8-16-30)43(40(42)47)39(46)31-17-9-5-10-18-31/h4-13,15-21,23-24,26,28,33,35,37-38,48H,14,22,25,27H2,1-3H3/b19-13+,24-23+/t28-,33+,35+,37+,38+,41+,42-/m1/s1. The topological polar surface area (TPSA) is 101 Å². The Morgan fingerprint density at radius 1 is 0.940 bits per heavy atom. The molecule has 7 atom stereocenters. The number of rotatable bonds is 7. The summed E-state index contributed by atoms with van der Waals surface area (Å²) in [5, 5.41) is 12.1. The van der Waals surface area contributed by atoms with E-state index in [2.05, 4.69) is 25.1 Å². The van der Waals surface area contributed by atoms with Crippen LogP contribution in [0.2, 0.25) is 5.32 Å². The maximum atomic E-state index is 15.6. The Morgan fingerprint density at radius 2 is 1.58 bits per heavy atom. The minimum atomic E-state index is -1.84. The summed E-state index contributed by atoms with van der Waals surface area (Å²) in [6.45, 7) is 4.83. The van der Waals surface area contributed by atoms with Gasteiger partial charge in [-0.05, 0) is 0 Å². The van der Waals surface area contributed by atoms with Crippen molar-refractivity contribution in [2.75, 3.05) is 0 Å². The zero-order valence-electron chi connectivity index (χ0n) is 28.6. The van der Waals surface area contributed by atoms with Gasteiger partial charge in [0.15, 0.2) is 0 Å².